The van der Waals surface area contributed by atoms with Crippen LogP contribution in [0.1, 0.15) is 5.01 Å². The molecular weight excluding hydrogens is 354 g/mol. The molecule has 0 saturated carbocycles. The first kappa shape index (κ1) is 15.7. The van der Waals surface area contributed by atoms with Gasteiger partial charge in [0, 0.05) is 0 Å². The lowest BCUT2D eigenvalue weighted by Crippen LogP contribution is -1.92. The molecule has 0 spiro atoms. The number of benzene rings is 2. The Bertz CT molecular complexity index is 1070. The molecule has 2 aromatic carbocycles. The molecule has 7 heteroatoms. The summed E-state index contributed by atoms with van der Waals surface area (Å²) in [5, 5.41) is 20.8. The maximum Gasteiger partial charge on any atom is 0.257 e. The van der Waals surface area contributed by atoms with Crippen molar-refractivity contribution >= 4 is 50.0 Å². The van der Waals surface area contributed by atoms with Crippen molar-refractivity contribution in [3.05, 3.63) is 59.3 Å². The predicted molar refractivity (Wildman–Crippen MR) is 99.5 cm³/mol. The van der Waals surface area contributed by atoms with Crippen LogP contribution in [0, 0.1) is 11.3 Å². The number of para-hydroxylation sites is 3. The van der Waals surface area contributed by atoms with Crippen LogP contribution >= 0.6 is 23.1 Å². The van der Waals surface area contributed by atoms with Crippen molar-refractivity contribution in [3.8, 4) is 6.07 Å². The normalized spacial score (nSPS) is 12.3. The molecule has 0 saturated heterocycles. The molecule has 25 heavy (non-hydrogen) atoms. The topological polar surface area (TPSA) is 82.9 Å². The summed E-state index contributed by atoms with van der Waals surface area (Å²) in [5.74, 6) is 0.153. The quantitative estimate of drug-likeness (QED) is 0.310. The fourth-order valence-corrected chi connectivity index (χ4v) is 4.03. The number of aliphatic hydroxyl groups is 1. The SMILES string of the molecule is N#CC(=C(O)CSc1nc2ccccc2o1)c1nc2ccccc2s1. The summed E-state index contributed by atoms with van der Waals surface area (Å²) < 4.78 is 6.58. The molecule has 0 amide bonds. The zero-order chi connectivity index (χ0) is 17.2. The first-order chi connectivity index (χ1) is 12.2. The molecule has 0 unspecified atom stereocenters. The van der Waals surface area contributed by atoms with Crippen LogP contribution < -0.4 is 0 Å². The van der Waals surface area contributed by atoms with Gasteiger partial charge in [-0.1, -0.05) is 36.0 Å². The van der Waals surface area contributed by atoms with Gasteiger partial charge in [0.1, 0.15) is 27.9 Å². The maximum atomic E-state index is 10.4. The van der Waals surface area contributed by atoms with E-state index in [9.17, 15) is 10.4 Å². The summed E-state index contributed by atoms with van der Waals surface area (Å²) >= 11 is 2.62. The molecule has 5 nitrogen and oxygen atoms in total. The van der Waals surface area contributed by atoms with Gasteiger partial charge in [0.15, 0.2) is 5.58 Å². The molecule has 0 fully saturated rings. The van der Waals surface area contributed by atoms with Crippen molar-refractivity contribution < 1.29 is 9.52 Å². The summed E-state index contributed by atoms with van der Waals surface area (Å²) in [6.45, 7) is 0. The Balaban J connectivity index is 1.60. The van der Waals surface area contributed by atoms with E-state index < -0.39 is 0 Å². The van der Waals surface area contributed by atoms with Gasteiger partial charge < -0.3 is 9.52 Å². The van der Waals surface area contributed by atoms with E-state index in [4.69, 9.17) is 4.42 Å². The van der Waals surface area contributed by atoms with Crippen molar-refractivity contribution in [2.45, 2.75) is 5.22 Å². The Hall–Kier alpha value is -2.82. The van der Waals surface area contributed by atoms with Crippen molar-refractivity contribution in [1.29, 1.82) is 5.26 Å². The highest BCUT2D eigenvalue weighted by Gasteiger charge is 2.15. The third-order valence-electron chi connectivity index (χ3n) is 3.51. The number of rotatable bonds is 4. The highest BCUT2D eigenvalue weighted by atomic mass is 32.2. The summed E-state index contributed by atoms with van der Waals surface area (Å²) in [4.78, 5) is 8.77. The van der Waals surface area contributed by atoms with E-state index in [-0.39, 0.29) is 17.1 Å². The minimum atomic E-state index is -0.0335. The van der Waals surface area contributed by atoms with Gasteiger partial charge in [-0.3, -0.25) is 0 Å². The Morgan fingerprint density at radius 1 is 1.12 bits per heavy atom. The fraction of sp³-hybridized carbons (Fsp3) is 0.0556. The lowest BCUT2D eigenvalue weighted by atomic mass is 10.2. The maximum absolute atomic E-state index is 10.4. The molecule has 0 bridgehead atoms. The van der Waals surface area contributed by atoms with Crippen LogP contribution in [0.3, 0.4) is 0 Å². The molecule has 122 valence electrons. The van der Waals surface area contributed by atoms with Crippen LogP contribution in [0.2, 0.25) is 0 Å². The number of nitrogens with zero attached hydrogens (tertiary/aromatic N) is 3. The molecule has 2 aromatic heterocycles. The smallest absolute Gasteiger partial charge is 0.257 e. The van der Waals surface area contributed by atoms with E-state index in [1.54, 1.807) is 0 Å². The number of aromatic nitrogens is 2. The van der Waals surface area contributed by atoms with Crippen molar-refractivity contribution in [2.24, 2.45) is 0 Å². The van der Waals surface area contributed by atoms with Crippen LogP contribution in [0.5, 0.6) is 0 Å². The van der Waals surface area contributed by atoms with Gasteiger partial charge in [0.05, 0.1) is 16.0 Å². The van der Waals surface area contributed by atoms with Crippen LogP contribution in [0.25, 0.3) is 26.9 Å². The molecule has 0 aliphatic rings. The van der Waals surface area contributed by atoms with Gasteiger partial charge in [0.2, 0.25) is 0 Å². The number of hydrogen-bond acceptors (Lipinski definition) is 7. The molecule has 0 aliphatic heterocycles. The molecule has 4 aromatic rings. The number of thioether (sulfide) groups is 1. The molecule has 0 radical (unpaired) electrons. The van der Waals surface area contributed by atoms with Gasteiger partial charge in [-0.25, -0.2) is 9.97 Å². The number of nitriles is 1. The fourth-order valence-electron chi connectivity index (χ4n) is 2.33. The predicted octanol–water partition coefficient (Wildman–Crippen LogP) is 5.02. The van der Waals surface area contributed by atoms with Crippen LogP contribution in [-0.2, 0) is 0 Å². The van der Waals surface area contributed by atoms with E-state index in [0.717, 1.165) is 15.7 Å². The molecule has 4 rings (SSSR count). The second-order valence-corrected chi connectivity index (χ2v) is 7.11. The van der Waals surface area contributed by atoms with Gasteiger partial charge in [-0.15, -0.1) is 11.3 Å². The zero-order valence-corrected chi connectivity index (χ0v) is 14.5. The number of thiazole rings is 1. The van der Waals surface area contributed by atoms with E-state index in [1.165, 1.54) is 23.1 Å². The molecule has 1 N–H and O–H groups in total. The minimum absolute atomic E-state index is 0.0335. The summed E-state index contributed by atoms with van der Waals surface area (Å²) in [5.41, 5.74) is 2.46. The summed E-state index contributed by atoms with van der Waals surface area (Å²) in [6.07, 6.45) is 0. The van der Waals surface area contributed by atoms with Gasteiger partial charge in [-0.2, -0.15) is 5.26 Å². The number of allylic oxidation sites excluding steroid dienone is 1. The number of aliphatic hydroxyl groups excluding tert-OH is 1. The number of hydrogen-bond donors (Lipinski definition) is 1. The van der Waals surface area contributed by atoms with Crippen LogP contribution in [-0.4, -0.2) is 20.8 Å². The summed E-state index contributed by atoms with van der Waals surface area (Å²) in [6, 6.07) is 17.2. The van der Waals surface area contributed by atoms with Gasteiger partial charge in [0.25, 0.3) is 5.22 Å². The van der Waals surface area contributed by atoms with Crippen LogP contribution in [0.15, 0.2) is 63.9 Å². The van der Waals surface area contributed by atoms with E-state index in [2.05, 4.69) is 16.0 Å². The Morgan fingerprint density at radius 2 is 1.88 bits per heavy atom. The number of fused-ring (bicyclic) bond motifs is 2. The summed E-state index contributed by atoms with van der Waals surface area (Å²) in [7, 11) is 0. The molecular formula is C18H11N3O2S2. The van der Waals surface area contributed by atoms with Crippen molar-refractivity contribution in [2.75, 3.05) is 5.75 Å². The standard InChI is InChI=1S/C18H11N3O2S2/c19-9-11(17-20-13-6-2-4-8-16(13)25-17)14(22)10-24-18-21-12-5-1-3-7-15(12)23-18/h1-8,22H,10H2. The average Bonchev–Trinajstić information content (AvgIpc) is 3.23. The van der Waals surface area contributed by atoms with E-state index in [0.29, 0.717) is 15.8 Å². The van der Waals surface area contributed by atoms with E-state index in [1.807, 2.05) is 48.5 Å². The Kier molecular flexibility index (Phi) is 4.14. The minimum Gasteiger partial charge on any atom is -0.510 e. The number of oxazole rings is 1. The van der Waals surface area contributed by atoms with Gasteiger partial charge in [-0.05, 0) is 24.3 Å². The molecule has 0 aliphatic carbocycles. The van der Waals surface area contributed by atoms with Crippen molar-refractivity contribution in [3.63, 3.8) is 0 Å². The average molecular weight is 365 g/mol. The van der Waals surface area contributed by atoms with Crippen molar-refractivity contribution in [1.82, 2.24) is 9.97 Å². The lowest BCUT2D eigenvalue weighted by Gasteiger charge is -1.99. The Morgan fingerprint density at radius 3 is 2.64 bits per heavy atom. The molecule has 2 heterocycles. The zero-order valence-electron chi connectivity index (χ0n) is 12.8. The lowest BCUT2D eigenvalue weighted by molar-refractivity contribution is 0.419. The van der Waals surface area contributed by atoms with Gasteiger partial charge >= 0.3 is 0 Å². The Labute approximate surface area is 151 Å². The highest BCUT2D eigenvalue weighted by Crippen LogP contribution is 2.30. The third-order valence-corrected chi connectivity index (χ3v) is 5.41. The first-order valence-electron chi connectivity index (χ1n) is 7.41. The third kappa shape index (κ3) is 3.09. The second-order valence-electron chi connectivity index (χ2n) is 5.16. The van der Waals surface area contributed by atoms with Crippen LogP contribution in [0.4, 0.5) is 0 Å². The molecule has 0 atom stereocenters. The first-order valence-corrected chi connectivity index (χ1v) is 9.21. The highest BCUT2D eigenvalue weighted by molar-refractivity contribution is 7.99. The second kappa shape index (κ2) is 6.59. The largest absolute Gasteiger partial charge is 0.510 e. The van der Waals surface area contributed by atoms with E-state index >= 15 is 0 Å². The monoisotopic (exact) mass is 365 g/mol.